The summed E-state index contributed by atoms with van der Waals surface area (Å²) >= 11 is 3.69. The number of fused-ring (bicyclic) bond motifs is 4. The zero-order valence-corrected chi connectivity index (χ0v) is 15.1. The van der Waals surface area contributed by atoms with Crippen LogP contribution in [0.2, 0.25) is 0 Å². The third-order valence-electron chi connectivity index (χ3n) is 4.93. The molecule has 25 heavy (non-hydrogen) atoms. The minimum atomic E-state index is 1.14. The van der Waals surface area contributed by atoms with Gasteiger partial charge in [0.1, 0.15) is 0 Å². The van der Waals surface area contributed by atoms with Crippen molar-refractivity contribution in [1.82, 2.24) is 0 Å². The molecule has 5 rings (SSSR count). The van der Waals surface area contributed by atoms with Gasteiger partial charge in [0, 0.05) is 4.47 Å². The molecule has 0 heterocycles. The van der Waals surface area contributed by atoms with Gasteiger partial charge in [-0.15, -0.1) is 0 Å². The summed E-state index contributed by atoms with van der Waals surface area (Å²) in [5, 5.41) is 7.72. The standard InChI is InChI=1S/C24H15Br/c25-24-14-6-12-19-21(11-5-13-22(19)24)23-15-16-7-1-2-8-17(16)18-9-3-4-10-20(18)23/h1-15H. The van der Waals surface area contributed by atoms with Crippen molar-refractivity contribution in [2.24, 2.45) is 0 Å². The second-order valence-electron chi connectivity index (χ2n) is 6.33. The summed E-state index contributed by atoms with van der Waals surface area (Å²) in [6.07, 6.45) is 0. The van der Waals surface area contributed by atoms with Crippen molar-refractivity contribution in [2.75, 3.05) is 0 Å². The lowest BCUT2D eigenvalue weighted by molar-refractivity contribution is 1.68. The molecule has 5 aromatic carbocycles. The molecule has 0 aliphatic carbocycles. The van der Waals surface area contributed by atoms with Crippen LogP contribution in [0.1, 0.15) is 0 Å². The first kappa shape index (κ1) is 14.7. The molecule has 0 atom stereocenters. The van der Waals surface area contributed by atoms with Gasteiger partial charge < -0.3 is 0 Å². The molecule has 0 amide bonds. The minimum absolute atomic E-state index is 1.14. The van der Waals surface area contributed by atoms with E-state index in [2.05, 4.69) is 107 Å². The van der Waals surface area contributed by atoms with Crippen LogP contribution in [0.5, 0.6) is 0 Å². The van der Waals surface area contributed by atoms with Crippen LogP contribution >= 0.6 is 15.9 Å². The molecule has 0 spiro atoms. The lowest BCUT2D eigenvalue weighted by Crippen LogP contribution is -1.86. The average Bonchev–Trinajstić information content (AvgIpc) is 2.67. The molecule has 0 aliphatic heterocycles. The van der Waals surface area contributed by atoms with E-state index in [1.165, 1.54) is 43.4 Å². The molecular weight excluding hydrogens is 368 g/mol. The van der Waals surface area contributed by atoms with Gasteiger partial charge in [0.25, 0.3) is 0 Å². The number of benzene rings is 5. The Labute approximate surface area is 154 Å². The van der Waals surface area contributed by atoms with Crippen LogP contribution in [0.25, 0.3) is 43.4 Å². The van der Waals surface area contributed by atoms with E-state index >= 15 is 0 Å². The first-order chi connectivity index (χ1) is 12.3. The molecule has 0 saturated heterocycles. The Kier molecular flexibility index (Phi) is 3.36. The third kappa shape index (κ3) is 2.27. The van der Waals surface area contributed by atoms with E-state index in [1.54, 1.807) is 0 Å². The van der Waals surface area contributed by atoms with Gasteiger partial charge in [-0.05, 0) is 55.6 Å². The molecule has 1 heteroatoms. The van der Waals surface area contributed by atoms with Crippen LogP contribution in [0, 0.1) is 0 Å². The van der Waals surface area contributed by atoms with Crippen LogP contribution in [-0.4, -0.2) is 0 Å². The third-order valence-corrected chi connectivity index (χ3v) is 5.62. The SMILES string of the molecule is Brc1cccc2c(-c3cc4ccccc4c4ccccc34)cccc12. The minimum Gasteiger partial charge on any atom is -0.0616 e. The fourth-order valence-electron chi connectivity index (χ4n) is 3.78. The van der Waals surface area contributed by atoms with E-state index in [1.807, 2.05) is 0 Å². The van der Waals surface area contributed by atoms with Crippen LogP contribution in [0.3, 0.4) is 0 Å². The Hall–Kier alpha value is -2.64. The zero-order valence-electron chi connectivity index (χ0n) is 13.5. The number of rotatable bonds is 1. The predicted molar refractivity (Wildman–Crippen MR) is 112 cm³/mol. The van der Waals surface area contributed by atoms with Crippen LogP contribution in [-0.2, 0) is 0 Å². The van der Waals surface area contributed by atoms with Crippen LogP contribution in [0.15, 0.2) is 95.5 Å². The smallest absolute Gasteiger partial charge is 0.0253 e. The van der Waals surface area contributed by atoms with Gasteiger partial charge in [0.15, 0.2) is 0 Å². The van der Waals surface area contributed by atoms with E-state index in [0.717, 1.165) is 4.47 Å². The van der Waals surface area contributed by atoms with Gasteiger partial charge in [0.05, 0.1) is 0 Å². The Morgan fingerprint density at radius 1 is 0.440 bits per heavy atom. The van der Waals surface area contributed by atoms with Crippen molar-refractivity contribution >= 4 is 48.2 Å². The molecule has 0 aliphatic rings. The Balaban J connectivity index is 1.97. The molecule has 0 unspecified atom stereocenters. The fourth-order valence-corrected chi connectivity index (χ4v) is 4.28. The van der Waals surface area contributed by atoms with Crippen molar-refractivity contribution in [3.63, 3.8) is 0 Å². The maximum Gasteiger partial charge on any atom is 0.0253 e. The van der Waals surface area contributed by atoms with E-state index in [0.29, 0.717) is 0 Å². The van der Waals surface area contributed by atoms with Gasteiger partial charge >= 0.3 is 0 Å². The van der Waals surface area contributed by atoms with Gasteiger partial charge in [-0.1, -0.05) is 94.8 Å². The number of hydrogen-bond donors (Lipinski definition) is 0. The Morgan fingerprint density at radius 3 is 1.92 bits per heavy atom. The monoisotopic (exact) mass is 382 g/mol. The first-order valence-corrected chi connectivity index (χ1v) is 9.20. The largest absolute Gasteiger partial charge is 0.0616 e. The summed E-state index contributed by atoms with van der Waals surface area (Å²) in [7, 11) is 0. The van der Waals surface area contributed by atoms with E-state index < -0.39 is 0 Å². The molecule has 0 saturated carbocycles. The van der Waals surface area contributed by atoms with E-state index in [-0.39, 0.29) is 0 Å². The first-order valence-electron chi connectivity index (χ1n) is 8.41. The average molecular weight is 383 g/mol. The molecule has 0 N–H and O–H groups in total. The molecule has 0 radical (unpaired) electrons. The fraction of sp³-hybridized carbons (Fsp3) is 0. The lowest BCUT2D eigenvalue weighted by Gasteiger charge is -2.13. The van der Waals surface area contributed by atoms with Crippen molar-refractivity contribution in [3.8, 4) is 11.1 Å². The molecular formula is C24H15Br. The highest BCUT2D eigenvalue weighted by Crippen LogP contribution is 2.39. The summed E-state index contributed by atoms with van der Waals surface area (Å²) in [6, 6.07) is 32.6. The molecule has 0 aromatic heterocycles. The van der Waals surface area contributed by atoms with Crippen LogP contribution in [0.4, 0.5) is 0 Å². The molecule has 5 aromatic rings. The lowest BCUT2D eigenvalue weighted by atomic mass is 9.91. The van der Waals surface area contributed by atoms with Gasteiger partial charge in [-0.2, -0.15) is 0 Å². The predicted octanol–water partition coefficient (Wildman–Crippen LogP) is 7.58. The quantitative estimate of drug-likeness (QED) is 0.262. The molecule has 118 valence electrons. The topological polar surface area (TPSA) is 0 Å². The second kappa shape index (κ2) is 5.72. The normalized spacial score (nSPS) is 11.4. The van der Waals surface area contributed by atoms with Crippen molar-refractivity contribution in [1.29, 1.82) is 0 Å². The maximum absolute atomic E-state index is 3.69. The van der Waals surface area contributed by atoms with E-state index in [9.17, 15) is 0 Å². The van der Waals surface area contributed by atoms with Crippen molar-refractivity contribution in [2.45, 2.75) is 0 Å². The summed E-state index contributed by atoms with van der Waals surface area (Å²) in [4.78, 5) is 0. The summed E-state index contributed by atoms with van der Waals surface area (Å²) < 4.78 is 1.14. The second-order valence-corrected chi connectivity index (χ2v) is 7.19. The number of halogens is 1. The molecule has 0 fully saturated rings. The van der Waals surface area contributed by atoms with Gasteiger partial charge in [-0.25, -0.2) is 0 Å². The maximum atomic E-state index is 3.69. The molecule has 0 bridgehead atoms. The van der Waals surface area contributed by atoms with Crippen molar-refractivity contribution in [3.05, 3.63) is 95.5 Å². The van der Waals surface area contributed by atoms with E-state index in [4.69, 9.17) is 0 Å². The van der Waals surface area contributed by atoms with Gasteiger partial charge in [-0.3, -0.25) is 0 Å². The highest BCUT2D eigenvalue weighted by Gasteiger charge is 2.11. The van der Waals surface area contributed by atoms with Crippen molar-refractivity contribution < 1.29 is 0 Å². The van der Waals surface area contributed by atoms with Gasteiger partial charge in [0.2, 0.25) is 0 Å². The summed E-state index contributed by atoms with van der Waals surface area (Å²) in [5.41, 5.74) is 2.57. The van der Waals surface area contributed by atoms with Crippen LogP contribution < -0.4 is 0 Å². The summed E-state index contributed by atoms with van der Waals surface area (Å²) in [5.74, 6) is 0. The summed E-state index contributed by atoms with van der Waals surface area (Å²) in [6.45, 7) is 0. The highest BCUT2D eigenvalue weighted by atomic mass is 79.9. The zero-order chi connectivity index (χ0) is 16.8. The highest BCUT2D eigenvalue weighted by molar-refractivity contribution is 9.10. The Bertz CT molecular complexity index is 1250. The Morgan fingerprint density at radius 2 is 1.04 bits per heavy atom. The number of hydrogen-bond acceptors (Lipinski definition) is 0. The molecule has 0 nitrogen and oxygen atoms in total.